The van der Waals surface area contributed by atoms with Gasteiger partial charge in [0.2, 0.25) is 0 Å². The highest BCUT2D eigenvalue weighted by molar-refractivity contribution is 7.11. The summed E-state index contributed by atoms with van der Waals surface area (Å²) in [5.41, 5.74) is 2.25. The molecule has 24 heavy (non-hydrogen) atoms. The van der Waals surface area contributed by atoms with E-state index in [2.05, 4.69) is 16.0 Å². The molecule has 2 aromatic heterocycles. The summed E-state index contributed by atoms with van der Waals surface area (Å²) in [5, 5.41) is 22.9. The predicted octanol–water partition coefficient (Wildman–Crippen LogP) is 4.18. The fraction of sp³-hybridized carbons (Fsp3) is 0. The Balaban J connectivity index is 2.01. The van der Waals surface area contributed by atoms with Crippen molar-refractivity contribution < 1.29 is 4.92 Å². The predicted molar refractivity (Wildman–Crippen MR) is 91.9 cm³/mol. The average molecular weight is 334 g/mol. The molecule has 0 unspecified atom stereocenters. The van der Waals surface area contributed by atoms with Crippen LogP contribution in [0.3, 0.4) is 0 Å². The molecule has 0 spiro atoms. The molecular weight excluding hydrogens is 324 g/mol. The van der Waals surface area contributed by atoms with Gasteiger partial charge < -0.3 is 0 Å². The number of pyridine rings is 1. The largest absolute Gasteiger partial charge is 0.276 e. The van der Waals surface area contributed by atoms with E-state index in [0.29, 0.717) is 10.6 Å². The number of nitriles is 1. The van der Waals surface area contributed by atoms with E-state index in [1.807, 2.05) is 17.5 Å². The maximum absolute atomic E-state index is 11.1. The summed E-state index contributed by atoms with van der Waals surface area (Å²) in [6, 6.07) is 12.0. The SMILES string of the molecule is N#C/C(=C\c1ccccc1[N+](=O)[O-])c1nc(-c2ccncc2)cs1. The molecule has 1 aromatic carbocycles. The van der Waals surface area contributed by atoms with Crippen LogP contribution in [0.2, 0.25) is 0 Å². The number of hydrogen-bond donors (Lipinski definition) is 0. The molecule has 6 nitrogen and oxygen atoms in total. The molecule has 0 saturated heterocycles. The van der Waals surface area contributed by atoms with Gasteiger partial charge >= 0.3 is 0 Å². The third kappa shape index (κ3) is 3.19. The van der Waals surface area contributed by atoms with Crippen molar-refractivity contribution in [2.45, 2.75) is 0 Å². The van der Waals surface area contributed by atoms with Gasteiger partial charge in [0.05, 0.1) is 21.8 Å². The first-order chi connectivity index (χ1) is 11.7. The fourth-order valence-electron chi connectivity index (χ4n) is 2.13. The minimum Gasteiger partial charge on any atom is -0.265 e. The summed E-state index contributed by atoms with van der Waals surface area (Å²) in [4.78, 5) is 19.0. The van der Waals surface area contributed by atoms with Crippen molar-refractivity contribution in [1.29, 1.82) is 5.26 Å². The van der Waals surface area contributed by atoms with E-state index >= 15 is 0 Å². The van der Waals surface area contributed by atoms with Gasteiger partial charge in [-0.2, -0.15) is 5.26 Å². The summed E-state index contributed by atoms with van der Waals surface area (Å²) >= 11 is 1.32. The van der Waals surface area contributed by atoms with Crippen LogP contribution in [0.5, 0.6) is 0 Å². The number of thiazole rings is 1. The van der Waals surface area contributed by atoms with Gasteiger partial charge in [-0.15, -0.1) is 11.3 Å². The molecule has 0 fully saturated rings. The number of allylic oxidation sites excluding steroid dienone is 1. The van der Waals surface area contributed by atoms with Crippen LogP contribution in [-0.2, 0) is 0 Å². The summed E-state index contributed by atoms with van der Waals surface area (Å²) < 4.78 is 0. The lowest BCUT2D eigenvalue weighted by molar-refractivity contribution is -0.385. The molecule has 3 rings (SSSR count). The van der Waals surface area contributed by atoms with Crippen LogP contribution in [-0.4, -0.2) is 14.9 Å². The maximum atomic E-state index is 11.1. The number of benzene rings is 1. The Kier molecular flexibility index (Phi) is 4.40. The van der Waals surface area contributed by atoms with Crippen molar-refractivity contribution in [1.82, 2.24) is 9.97 Å². The van der Waals surface area contributed by atoms with Crippen molar-refractivity contribution in [2.24, 2.45) is 0 Å². The Hall–Kier alpha value is -3.37. The zero-order chi connectivity index (χ0) is 16.9. The van der Waals surface area contributed by atoms with Gasteiger partial charge in [0, 0.05) is 29.4 Å². The van der Waals surface area contributed by atoms with Crippen molar-refractivity contribution in [2.75, 3.05) is 0 Å². The second-order valence-electron chi connectivity index (χ2n) is 4.76. The third-order valence-corrected chi connectivity index (χ3v) is 4.14. The van der Waals surface area contributed by atoms with E-state index in [4.69, 9.17) is 0 Å². The first-order valence-corrected chi connectivity index (χ1v) is 7.78. The maximum Gasteiger partial charge on any atom is 0.276 e. The summed E-state index contributed by atoms with van der Waals surface area (Å²) in [5.74, 6) is 0. The van der Waals surface area contributed by atoms with Crippen molar-refractivity contribution >= 4 is 28.7 Å². The monoisotopic (exact) mass is 334 g/mol. The van der Waals surface area contributed by atoms with Crippen molar-refractivity contribution in [3.8, 4) is 17.3 Å². The lowest BCUT2D eigenvalue weighted by Gasteiger charge is -1.98. The Morgan fingerprint density at radius 3 is 2.71 bits per heavy atom. The molecule has 0 amide bonds. The van der Waals surface area contributed by atoms with Crippen molar-refractivity contribution in [3.05, 3.63) is 74.9 Å². The van der Waals surface area contributed by atoms with Gasteiger partial charge in [-0.25, -0.2) is 4.98 Å². The molecule has 2 heterocycles. The molecule has 0 saturated carbocycles. The van der Waals surface area contributed by atoms with Crippen LogP contribution in [0.15, 0.2) is 54.2 Å². The fourth-order valence-corrected chi connectivity index (χ4v) is 2.92. The van der Waals surface area contributed by atoms with Crippen LogP contribution in [0, 0.1) is 21.4 Å². The van der Waals surface area contributed by atoms with Gasteiger partial charge in [0.1, 0.15) is 11.1 Å². The van der Waals surface area contributed by atoms with Gasteiger partial charge in [0.25, 0.3) is 5.69 Å². The first-order valence-electron chi connectivity index (χ1n) is 6.90. The topological polar surface area (TPSA) is 92.7 Å². The quantitative estimate of drug-likeness (QED) is 0.405. The molecule has 0 aliphatic heterocycles. The lowest BCUT2D eigenvalue weighted by atomic mass is 10.1. The Bertz CT molecular complexity index is 958. The number of nitrogens with zero attached hydrogens (tertiary/aromatic N) is 4. The lowest BCUT2D eigenvalue weighted by Crippen LogP contribution is -1.91. The van der Waals surface area contributed by atoms with Crippen LogP contribution in [0.1, 0.15) is 10.6 Å². The van der Waals surface area contributed by atoms with Crippen LogP contribution < -0.4 is 0 Å². The third-order valence-electron chi connectivity index (χ3n) is 3.26. The minimum atomic E-state index is -0.467. The Morgan fingerprint density at radius 1 is 1.25 bits per heavy atom. The van der Waals surface area contributed by atoms with E-state index in [-0.39, 0.29) is 11.3 Å². The normalized spacial score (nSPS) is 11.0. The van der Waals surface area contributed by atoms with E-state index in [1.165, 1.54) is 23.5 Å². The van der Waals surface area contributed by atoms with E-state index < -0.39 is 4.92 Å². The molecule has 0 radical (unpaired) electrons. The number of para-hydroxylation sites is 1. The number of nitro benzene ring substituents is 1. The summed E-state index contributed by atoms with van der Waals surface area (Å²) in [6.07, 6.45) is 4.83. The molecule has 0 N–H and O–H groups in total. The number of hydrogen-bond acceptors (Lipinski definition) is 6. The highest BCUT2D eigenvalue weighted by Crippen LogP contribution is 2.28. The minimum absolute atomic E-state index is 0.0452. The number of aromatic nitrogens is 2. The van der Waals surface area contributed by atoms with E-state index in [9.17, 15) is 15.4 Å². The smallest absolute Gasteiger partial charge is 0.265 e. The molecule has 7 heteroatoms. The van der Waals surface area contributed by atoms with Crippen LogP contribution in [0.4, 0.5) is 5.69 Å². The molecule has 0 atom stereocenters. The highest BCUT2D eigenvalue weighted by Gasteiger charge is 2.14. The standard InChI is InChI=1S/C17H10N4O2S/c18-10-14(9-13-3-1-2-4-16(13)21(22)23)17-20-15(11-24-17)12-5-7-19-8-6-12/h1-9,11H/b14-9+. The van der Waals surface area contributed by atoms with E-state index in [0.717, 1.165) is 11.3 Å². The zero-order valence-corrected chi connectivity index (χ0v) is 13.1. The average Bonchev–Trinajstić information content (AvgIpc) is 3.10. The van der Waals surface area contributed by atoms with Crippen molar-refractivity contribution in [3.63, 3.8) is 0 Å². The molecular formula is C17H10N4O2S. The Morgan fingerprint density at radius 2 is 2.00 bits per heavy atom. The highest BCUT2D eigenvalue weighted by atomic mass is 32.1. The summed E-state index contributed by atoms with van der Waals surface area (Å²) in [7, 11) is 0. The van der Waals surface area contributed by atoms with Gasteiger partial charge in [-0.05, 0) is 24.3 Å². The number of nitro groups is 1. The summed E-state index contributed by atoms with van der Waals surface area (Å²) in [6.45, 7) is 0. The second kappa shape index (κ2) is 6.81. The van der Waals surface area contributed by atoms with Crippen LogP contribution >= 0.6 is 11.3 Å². The zero-order valence-electron chi connectivity index (χ0n) is 12.3. The first kappa shape index (κ1) is 15.5. The van der Waals surface area contributed by atoms with E-state index in [1.54, 1.807) is 30.6 Å². The Labute approximate surface area is 141 Å². The van der Waals surface area contributed by atoms with Gasteiger partial charge in [-0.3, -0.25) is 15.1 Å². The second-order valence-corrected chi connectivity index (χ2v) is 5.62. The molecule has 0 aliphatic carbocycles. The van der Waals surface area contributed by atoms with Crippen LogP contribution in [0.25, 0.3) is 22.9 Å². The molecule has 3 aromatic rings. The molecule has 0 aliphatic rings. The van der Waals surface area contributed by atoms with Gasteiger partial charge in [-0.1, -0.05) is 12.1 Å². The number of rotatable bonds is 4. The molecule has 0 bridgehead atoms. The van der Waals surface area contributed by atoms with Gasteiger partial charge in [0.15, 0.2) is 0 Å². The molecule has 116 valence electrons.